The van der Waals surface area contributed by atoms with Crippen molar-refractivity contribution in [2.75, 3.05) is 0 Å². The van der Waals surface area contributed by atoms with Crippen LogP contribution >= 0.6 is 0 Å². The predicted octanol–water partition coefficient (Wildman–Crippen LogP) is 1.75. The summed E-state index contributed by atoms with van der Waals surface area (Å²) in [5, 5.41) is 0.764. The molecule has 21 heavy (non-hydrogen) atoms. The number of esters is 1. The van der Waals surface area contributed by atoms with Crippen molar-refractivity contribution in [2.45, 2.75) is 32.3 Å². The van der Waals surface area contributed by atoms with E-state index in [2.05, 4.69) is 4.98 Å². The van der Waals surface area contributed by atoms with E-state index in [9.17, 15) is 9.59 Å². The number of aromatic nitrogens is 1. The topological polar surface area (TPSA) is 82.3 Å². The molecule has 1 aromatic heterocycles. The van der Waals surface area contributed by atoms with Crippen LogP contribution in [0.25, 0.3) is 10.9 Å². The second kappa shape index (κ2) is 5.16. The van der Waals surface area contributed by atoms with Crippen LogP contribution in [-0.2, 0) is 22.4 Å². The number of aryl methyl sites for hydroxylation is 1. The summed E-state index contributed by atoms with van der Waals surface area (Å²) in [7, 11) is 0. The van der Waals surface area contributed by atoms with Crippen LogP contribution in [0.5, 0.6) is 0 Å². The number of benzene rings is 1. The zero-order valence-corrected chi connectivity index (χ0v) is 11.8. The second-order valence-corrected chi connectivity index (χ2v) is 5.23. The van der Waals surface area contributed by atoms with Crippen molar-refractivity contribution in [2.24, 2.45) is 5.73 Å². The van der Waals surface area contributed by atoms with Gasteiger partial charge in [0.15, 0.2) is 6.10 Å². The monoisotopic (exact) mass is 284 g/mol. The van der Waals surface area contributed by atoms with Gasteiger partial charge in [-0.25, -0.2) is 4.79 Å². The highest BCUT2D eigenvalue weighted by Crippen LogP contribution is 2.30. The van der Waals surface area contributed by atoms with Crippen LogP contribution < -0.4 is 5.73 Å². The van der Waals surface area contributed by atoms with E-state index < -0.39 is 18.0 Å². The average Bonchev–Trinajstić information content (AvgIpc) is 2.91. The van der Waals surface area contributed by atoms with E-state index in [1.165, 1.54) is 6.92 Å². The Bertz CT molecular complexity index is 740. The number of rotatable bonds is 3. The standard InChI is InChI=1S/C16H16N2O3/c1-9(15(17)19)21-16(20)14-10-5-2-3-7-12(10)18-13-8-4-6-11(13)14/h2-3,5,7,9H,4,6,8H2,1H3,(H2,17,19)/t9-/m0/s1. The minimum Gasteiger partial charge on any atom is -0.449 e. The van der Waals surface area contributed by atoms with Gasteiger partial charge in [-0.3, -0.25) is 9.78 Å². The summed E-state index contributed by atoms with van der Waals surface area (Å²) in [6, 6.07) is 7.48. The zero-order chi connectivity index (χ0) is 15.0. The fraction of sp³-hybridized carbons (Fsp3) is 0.312. The van der Waals surface area contributed by atoms with E-state index >= 15 is 0 Å². The van der Waals surface area contributed by atoms with Gasteiger partial charge >= 0.3 is 5.97 Å². The minimum absolute atomic E-state index is 0.502. The first-order valence-electron chi connectivity index (χ1n) is 6.98. The second-order valence-electron chi connectivity index (χ2n) is 5.23. The summed E-state index contributed by atoms with van der Waals surface area (Å²) in [5.74, 6) is -1.16. The molecule has 2 N–H and O–H groups in total. The van der Waals surface area contributed by atoms with Gasteiger partial charge in [-0.15, -0.1) is 0 Å². The fourth-order valence-corrected chi connectivity index (χ4v) is 2.72. The van der Waals surface area contributed by atoms with Crippen molar-refractivity contribution < 1.29 is 14.3 Å². The number of carbonyl (C=O) groups is 2. The molecule has 0 saturated heterocycles. The van der Waals surface area contributed by atoms with Gasteiger partial charge in [-0.05, 0) is 37.8 Å². The summed E-state index contributed by atoms with van der Waals surface area (Å²) in [4.78, 5) is 28.2. The van der Waals surface area contributed by atoms with Crippen molar-refractivity contribution in [3.05, 3.63) is 41.1 Å². The molecular weight excluding hydrogens is 268 g/mol. The van der Waals surface area contributed by atoms with E-state index in [1.807, 2.05) is 24.3 Å². The fourth-order valence-electron chi connectivity index (χ4n) is 2.72. The highest BCUT2D eigenvalue weighted by molar-refractivity contribution is 6.05. The maximum Gasteiger partial charge on any atom is 0.339 e. The van der Waals surface area contributed by atoms with E-state index in [0.717, 1.165) is 41.4 Å². The normalized spacial score (nSPS) is 14.7. The number of fused-ring (bicyclic) bond motifs is 2. The largest absolute Gasteiger partial charge is 0.449 e. The number of hydrogen-bond acceptors (Lipinski definition) is 4. The van der Waals surface area contributed by atoms with Gasteiger partial charge in [0, 0.05) is 11.1 Å². The molecule has 5 nitrogen and oxygen atoms in total. The van der Waals surface area contributed by atoms with Crippen LogP contribution in [0.4, 0.5) is 0 Å². The van der Waals surface area contributed by atoms with Crippen LogP contribution in [-0.4, -0.2) is 23.0 Å². The molecule has 1 heterocycles. The Hall–Kier alpha value is -2.43. The third-order valence-electron chi connectivity index (χ3n) is 3.81. The lowest BCUT2D eigenvalue weighted by Gasteiger charge is -2.14. The number of para-hydroxylation sites is 1. The Balaban J connectivity index is 2.12. The number of nitrogens with two attached hydrogens (primary N) is 1. The van der Waals surface area contributed by atoms with Gasteiger partial charge < -0.3 is 10.5 Å². The Labute approximate surface area is 122 Å². The summed E-state index contributed by atoms with van der Waals surface area (Å²) < 4.78 is 5.19. The van der Waals surface area contributed by atoms with Gasteiger partial charge in [-0.2, -0.15) is 0 Å². The molecule has 0 bridgehead atoms. The minimum atomic E-state index is -0.943. The first kappa shape index (κ1) is 13.5. The molecule has 1 aliphatic carbocycles. The number of hydrogen-bond donors (Lipinski definition) is 1. The molecule has 1 aromatic carbocycles. The van der Waals surface area contributed by atoms with Crippen LogP contribution in [0.1, 0.15) is 35.0 Å². The van der Waals surface area contributed by atoms with Crippen molar-refractivity contribution in [1.82, 2.24) is 4.98 Å². The quantitative estimate of drug-likeness (QED) is 0.870. The van der Waals surface area contributed by atoms with Gasteiger partial charge in [0.25, 0.3) is 5.91 Å². The first-order valence-corrected chi connectivity index (χ1v) is 6.98. The van der Waals surface area contributed by atoms with E-state index in [-0.39, 0.29) is 0 Å². The molecule has 5 heteroatoms. The van der Waals surface area contributed by atoms with Crippen molar-refractivity contribution >= 4 is 22.8 Å². The predicted molar refractivity (Wildman–Crippen MR) is 77.8 cm³/mol. The molecule has 3 rings (SSSR count). The van der Waals surface area contributed by atoms with Crippen molar-refractivity contribution in [3.63, 3.8) is 0 Å². The molecule has 0 spiro atoms. The molecule has 0 unspecified atom stereocenters. The van der Waals surface area contributed by atoms with E-state index in [0.29, 0.717) is 5.56 Å². The van der Waals surface area contributed by atoms with Gasteiger partial charge in [0.1, 0.15) is 0 Å². The SMILES string of the molecule is C[C@H](OC(=O)c1c2c(nc3ccccc13)CCC2)C(N)=O. The molecule has 1 atom stereocenters. The third kappa shape index (κ3) is 2.35. The van der Waals surface area contributed by atoms with Gasteiger partial charge in [0.05, 0.1) is 11.1 Å². The average molecular weight is 284 g/mol. The van der Waals surface area contributed by atoms with Crippen LogP contribution in [0.2, 0.25) is 0 Å². The van der Waals surface area contributed by atoms with Crippen molar-refractivity contribution in [1.29, 1.82) is 0 Å². The molecule has 0 radical (unpaired) electrons. The first-order chi connectivity index (χ1) is 10.1. The highest BCUT2D eigenvalue weighted by atomic mass is 16.5. The smallest absolute Gasteiger partial charge is 0.339 e. The molecule has 1 amide bonds. The number of carbonyl (C=O) groups excluding carboxylic acids is 2. The lowest BCUT2D eigenvalue weighted by molar-refractivity contribution is -0.125. The number of amides is 1. The third-order valence-corrected chi connectivity index (χ3v) is 3.81. The molecule has 2 aromatic rings. The highest BCUT2D eigenvalue weighted by Gasteiger charge is 2.26. The molecule has 0 aliphatic heterocycles. The van der Waals surface area contributed by atoms with E-state index in [1.54, 1.807) is 0 Å². The number of primary amides is 1. The maximum atomic E-state index is 12.5. The number of ether oxygens (including phenoxy) is 1. The summed E-state index contributed by atoms with van der Waals surface area (Å²) in [5.41, 5.74) is 8.35. The molecular formula is C16H16N2O3. The Kier molecular flexibility index (Phi) is 3.33. The Morgan fingerprint density at radius 1 is 1.29 bits per heavy atom. The molecule has 0 saturated carbocycles. The van der Waals surface area contributed by atoms with Crippen LogP contribution in [0, 0.1) is 0 Å². The van der Waals surface area contributed by atoms with Gasteiger partial charge in [-0.1, -0.05) is 18.2 Å². The van der Waals surface area contributed by atoms with Crippen LogP contribution in [0.3, 0.4) is 0 Å². The summed E-state index contributed by atoms with van der Waals surface area (Å²) >= 11 is 0. The molecule has 1 aliphatic rings. The zero-order valence-electron chi connectivity index (χ0n) is 11.8. The molecule has 0 fully saturated rings. The lowest BCUT2D eigenvalue weighted by atomic mass is 10.0. The lowest BCUT2D eigenvalue weighted by Crippen LogP contribution is -2.30. The maximum absolute atomic E-state index is 12.5. The van der Waals surface area contributed by atoms with E-state index in [4.69, 9.17) is 10.5 Å². The van der Waals surface area contributed by atoms with Crippen molar-refractivity contribution in [3.8, 4) is 0 Å². The number of nitrogens with zero attached hydrogens (tertiary/aromatic N) is 1. The summed E-state index contributed by atoms with van der Waals surface area (Å²) in [6.45, 7) is 1.48. The molecule has 108 valence electrons. The Morgan fingerprint density at radius 2 is 2.05 bits per heavy atom. The number of pyridine rings is 1. The Morgan fingerprint density at radius 3 is 2.81 bits per heavy atom. The van der Waals surface area contributed by atoms with Crippen LogP contribution in [0.15, 0.2) is 24.3 Å². The summed E-state index contributed by atoms with van der Waals surface area (Å²) in [6.07, 6.45) is 1.71. The van der Waals surface area contributed by atoms with Gasteiger partial charge in [0.2, 0.25) is 0 Å².